The summed E-state index contributed by atoms with van der Waals surface area (Å²) < 4.78 is 4.89. The number of rotatable bonds is 2. The minimum atomic E-state index is -0.0973. The number of benzene rings is 1. The molecule has 0 N–H and O–H groups in total. The predicted octanol–water partition coefficient (Wildman–Crippen LogP) is 1.81. The van der Waals surface area contributed by atoms with Crippen LogP contribution in [0.2, 0.25) is 0 Å². The van der Waals surface area contributed by atoms with Crippen LogP contribution in [0.15, 0.2) is 24.3 Å². The van der Waals surface area contributed by atoms with Crippen LogP contribution in [0, 0.1) is 12.8 Å². The van der Waals surface area contributed by atoms with Crippen molar-refractivity contribution in [2.45, 2.75) is 12.8 Å². The molecule has 0 aromatic heterocycles. The van der Waals surface area contributed by atoms with Crippen molar-refractivity contribution in [3.05, 3.63) is 35.4 Å². The lowest BCUT2D eigenvalue weighted by Crippen LogP contribution is -2.23. The predicted molar refractivity (Wildman–Crippen MR) is 66.9 cm³/mol. The summed E-state index contributed by atoms with van der Waals surface area (Å²) in [5.41, 5.74) is 2.48. The van der Waals surface area contributed by atoms with Crippen LogP contribution in [0.4, 0.5) is 0 Å². The van der Waals surface area contributed by atoms with Gasteiger partial charge in [0.2, 0.25) is 0 Å². The number of esters is 1. The largest absolute Gasteiger partial charge is 0.469 e. The fraction of sp³-hybridized carbons (Fsp3) is 0.500. The van der Waals surface area contributed by atoms with Crippen LogP contribution in [-0.4, -0.2) is 38.1 Å². The maximum absolute atomic E-state index is 11.8. The van der Waals surface area contributed by atoms with E-state index in [1.807, 2.05) is 7.05 Å². The fourth-order valence-electron chi connectivity index (χ4n) is 2.54. The zero-order chi connectivity index (χ0) is 12.4. The Morgan fingerprint density at radius 3 is 2.53 bits per heavy atom. The van der Waals surface area contributed by atoms with Gasteiger partial charge in [0.15, 0.2) is 0 Å². The van der Waals surface area contributed by atoms with Gasteiger partial charge in [-0.1, -0.05) is 29.8 Å². The maximum atomic E-state index is 11.8. The monoisotopic (exact) mass is 233 g/mol. The summed E-state index contributed by atoms with van der Waals surface area (Å²) >= 11 is 0. The molecule has 1 aromatic carbocycles. The van der Waals surface area contributed by atoms with Crippen molar-refractivity contribution in [1.82, 2.24) is 4.90 Å². The Balaban J connectivity index is 2.23. The van der Waals surface area contributed by atoms with Gasteiger partial charge >= 0.3 is 5.97 Å². The second-order valence-corrected chi connectivity index (χ2v) is 4.87. The van der Waals surface area contributed by atoms with Crippen molar-refractivity contribution >= 4 is 5.97 Å². The molecule has 0 saturated carbocycles. The number of likely N-dealkylation sites (N-methyl/N-ethyl adjacent to an activating group) is 1. The molecule has 2 unspecified atom stereocenters. The van der Waals surface area contributed by atoms with Crippen molar-refractivity contribution in [2.24, 2.45) is 5.92 Å². The normalized spacial score (nSPS) is 24.9. The lowest BCUT2D eigenvalue weighted by atomic mass is 9.88. The Morgan fingerprint density at radius 2 is 1.94 bits per heavy atom. The summed E-state index contributed by atoms with van der Waals surface area (Å²) in [4.78, 5) is 13.9. The van der Waals surface area contributed by atoms with Gasteiger partial charge in [-0.3, -0.25) is 4.79 Å². The average molecular weight is 233 g/mol. The van der Waals surface area contributed by atoms with E-state index in [9.17, 15) is 4.79 Å². The highest BCUT2D eigenvalue weighted by Crippen LogP contribution is 2.32. The van der Waals surface area contributed by atoms with Crippen LogP contribution in [0.3, 0.4) is 0 Å². The molecule has 3 nitrogen and oxygen atoms in total. The number of nitrogens with zero attached hydrogens (tertiary/aromatic N) is 1. The smallest absolute Gasteiger partial charge is 0.310 e. The molecule has 3 heteroatoms. The molecule has 92 valence electrons. The molecule has 0 aliphatic carbocycles. The van der Waals surface area contributed by atoms with Crippen LogP contribution in [-0.2, 0) is 9.53 Å². The molecule has 0 amide bonds. The summed E-state index contributed by atoms with van der Waals surface area (Å²) in [6, 6.07) is 8.44. The first-order valence-corrected chi connectivity index (χ1v) is 5.94. The molecule has 1 aromatic rings. The number of aryl methyl sites for hydroxylation is 1. The Kier molecular flexibility index (Phi) is 3.48. The Morgan fingerprint density at radius 1 is 1.29 bits per heavy atom. The van der Waals surface area contributed by atoms with Gasteiger partial charge in [0.05, 0.1) is 13.0 Å². The maximum Gasteiger partial charge on any atom is 0.310 e. The topological polar surface area (TPSA) is 29.5 Å². The van der Waals surface area contributed by atoms with Crippen LogP contribution >= 0.6 is 0 Å². The van der Waals surface area contributed by atoms with Crippen LogP contribution in [0.5, 0.6) is 0 Å². The van der Waals surface area contributed by atoms with E-state index < -0.39 is 0 Å². The minimum absolute atomic E-state index is 0.0345. The lowest BCUT2D eigenvalue weighted by molar-refractivity contribution is -0.145. The molecule has 1 saturated heterocycles. The van der Waals surface area contributed by atoms with Gasteiger partial charge in [0.1, 0.15) is 0 Å². The third kappa shape index (κ3) is 2.50. The van der Waals surface area contributed by atoms with Crippen LogP contribution in [0.25, 0.3) is 0 Å². The molecule has 1 aliphatic rings. The summed E-state index contributed by atoms with van der Waals surface area (Å²) in [7, 11) is 3.51. The van der Waals surface area contributed by atoms with E-state index in [0.717, 1.165) is 13.1 Å². The van der Waals surface area contributed by atoms with Crippen molar-refractivity contribution in [3.8, 4) is 0 Å². The van der Waals surface area contributed by atoms with Gasteiger partial charge < -0.3 is 9.64 Å². The van der Waals surface area contributed by atoms with Gasteiger partial charge in [0, 0.05) is 19.0 Å². The standard InChI is InChI=1S/C14H19NO2/c1-10-4-6-11(7-5-10)12-8-15(2)9-13(12)14(16)17-3/h4-7,12-13H,8-9H2,1-3H3. The number of likely N-dealkylation sites (tertiary alicyclic amines) is 1. The lowest BCUT2D eigenvalue weighted by Gasteiger charge is -2.16. The Labute approximate surface area is 102 Å². The van der Waals surface area contributed by atoms with E-state index >= 15 is 0 Å². The Hall–Kier alpha value is -1.35. The molecule has 0 spiro atoms. The highest BCUT2D eigenvalue weighted by Gasteiger charge is 2.37. The van der Waals surface area contributed by atoms with Crippen molar-refractivity contribution < 1.29 is 9.53 Å². The second-order valence-electron chi connectivity index (χ2n) is 4.87. The second kappa shape index (κ2) is 4.88. The molecular formula is C14H19NO2. The van der Waals surface area contributed by atoms with E-state index in [4.69, 9.17) is 4.74 Å². The molecule has 17 heavy (non-hydrogen) atoms. The molecule has 2 rings (SSSR count). The zero-order valence-corrected chi connectivity index (χ0v) is 10.6. The van der Waals surface area contributed by atoms with E-state index in [0.29, 0.717) is 0 Å². The van der Waals surface area contributed by atoms with Crippen LogP contribution in [0.1, 0.15) is 17.0 Å². The highest BCUT2D eigenvalue weighted by atomic mass is 16.5. The molecule has 2 atom stereocenters. The third-order valence-electron chi connectivity index (χ3n) is 3.51. The molecule has 0 bridgehead atoms. The van der Waals surface area contributed by atoms with E-state index in [-0.39, 0.29) is 17.8 Å². The quantitative estimate of drug-likeness (QED) is 0.730. The van der Waals surface area contributed by atoms with Gasteiger partial charge in [-0.2, -0.15) is 0 Å². The number of hydrogen-bond donors (Lipinski definition) is 0. The highest BCUT2D eigenvalue weighted by molar-refractivity contribution is 5.74. The first-order valence-electron chi connectivity index (χ1n) is 5.94. The van der Waals surface area contributed by atoms with Crippen molar-refractivity contribution in [1.29, 1.82) is 0 Å². The number of carbonyl (C=O) groups excluding carboxylic acids is 1. The van der Waals surface area contributed by atoms with E-state index in [1.54, 1.807) is 0 Å². The minimum Gasteiger partial charge on any atom is -0.469 e. The van der Waals surface area contributed by atoms with E-state index in [2.05, 4.69) is 36.1 Å². The molecular weight excluding hydrogens is 214 g/mol. The molecule has 1 aliphatic heterocycles. The number of methoxy groups -OCH3 is 1. The van der Waals surface area contributed by atoms with Crippen molar-refractivity contribution in [2.75, 3.05) is 27.2 Å². The molecule has 1 fully saturated rings. The summed E-state index contributed by atoms with van der Waals surface area (Å²) in [5, 5.41) is 0. The zero-order valence-electron chi connectivity index (χ0n) is 10.6. The number of ether oxygens (including phenoxy) is 1. The fourth-order valence-corrected chi connectivity index (χ4v) is 2.54. The van der Waals surface area contributed by atoms with Gasteiger partial charge in [-0.25, -0.2) is 0 Å². The molecule has 0 radical (unpaired) electrons. The first-order chi connectivity index (χ1) is 8.11. The summed E-state index contributed by atoms with van der Waals surface area (Å²) in [5.74, 6) is 0.126. The van der Waals surface area contributed by atoms with Gasteiger partial charge in [0.25, 0.3) is 0 Å². The van der Waals surface area contributed by atoms with Gasteiger partial charge in [-0.15, -0.1) is 0 Å². The summed E-state index contributed by atoms with van der Waals surface area (Å²) in [6.07, 6.45) is 0. The Bertz CT molecular complexity index is 399. The summed E-state index contributed by atoms with van der Waals surface area (Å²) in [6.45, 7) is 3.77. The van der Waals surface area contributed by atoms with E-state index in [1.165, 1.54) is 18.2 Å². The molecule has 1 heterocycles. The third-order valence-corrected chi connectivity index (χ3v) is 3.51. The number of carbonyl (C=O) groups is 1. The first kappa shape index (κ1) is 12.1. The van der Waals surface area contributed by atoms with Crippen LogP contribution < -0.4 is 0 Å². The number of hydrogen-bond acceptors (Lipinski definition) is 3. The SMILES string of the molecule is COC(=O)C1CN(C)CC1c1ccc(C)cc1. The average Bonchev–Trinajstić information content (AvgIpc) is 2.71. The van der Waals surface area contributed by atoms with Crippen molar-refractivity contribution in [3.63, 3.8) is 0 Å². The van der Waals surface area contributed by atoms with Gasteiger partial charge in [-0.05, 0) is 19.5 Å².